The molecule has 0 unspecified atom stereocenters. The van der Waals surface area contributed by atoms with Crippen LogP contribution in [0.2, 0.25) is 0 Å². The maximum atomic E-state index is 12.3. The van der Waals surface area contributed by atoms with Gasteiger partial charge in [-0.2, -0.15) is 4.98 Å². The summed E-state index contributed by atoms with van der Waals surface area (Å²) >= 11 is 0. The minimum atomic E-state index is -0.467. The highest BCUT2D eigenvalue weighted by molar-refractivity contribution is 5.77. The summed E-state index contributed by atoms with van der Waals surface area (Å²) in [4.78, 5) is 26.9. The normalized spacial score (nSPS) is 12.8. The quantitative estimate of drug-likeness (QED) is 0.618. The van der Waals surface area contributed by atoms with Gasteiger partial charge < -0.3 is 9.84 Å². The van der Waals surface area contributed by atoms with E-state index in [0.717, 1.165) is 0 Å². The van der Waals surface area contributed by atoms with Gasteiger partial charge in [0.15, 0.2) is 0 Å². The van der Waals surface area contributed by atoms with Crippen molar-refractivity contribution in [1.29, 1.82) is 0 Å². The van der Waals surface area contributed by atoms with E-state index in [9.17, 15) is 14.9 Å². The van der Waals surface area contributed by atoms with Crippen LogP contribution in [0.3, 0.4) is 0 Å². The van der Waals surface area contributed by atoms with Crippen LogP contribution in [-0.2, 0) is 4.79 Å². The van der Waals surface area contributed by atoms with Crippen LogP contribution in [0.1, 0.15) is 53.0 Å². The first-order chi connectivity index (χ1) is 12.1. The summed E-state index contributed by atoms with van der Waals surface area (Å²) in [5.41, 5.74) is 0.478. The van der Waals surface area contributed by atoms with Gasteiger partial charge in [0.2, 0.25) is 17.6 Å². The topological polar surface area (TPSA) is 111 Å². The summed E-state index contributed by atoms with van der Waals surface area (Å²) in [7, 11) is 0. The molecule has 2 aromatic rings. The van der Waals surface area contributed by atoms with Crippen LogP contribution in [0.5, 0.6) is 0 Å². The smallest absolute Gasteiger partial charge is 0.269 e. The molecule has 1 amide bonds. The molecule has 8 heteroatoms. The predicted molar refractivity (Wildman–Crippen MR) is 96.2 cm³/mol. The van der Waals surface area contributed by atoms with Gasteiger partial charge in [-0.15, -0.1) is 0 Å². The molecule has 1 aromatic heterocycles. The molecule has 0 saturated carbocycles. The van der Waals surface area contributed by atoms with E-state index in [1.54, 1.807) is 12.1 Å². The first kappa shape index (κ1) is 19.6. The Balaban J connectivity index is 2.18. The van der Waals surface area contributed by atoms with Gasteiger partial charge in [0.05, 0.1) is 4.92 Å². The fourth-order valence-electron chi connectivity index (χ4n) is 2.43. The average molecular weight is 360 g/mol. The maximum Gasteiger partial charge on any atom is 0.269 e. The SMILES string of the molecule is CC(C)[C@H](NC(=O)CC(C)(C)C)c1nc(-c2ccc([N+](=O)[O-])cc2)no1. The van der Waals surface area contributed by atoms with E-state index in [4.69, 9.17) is 4.52 Å². The molecule has 0 radical (unpaired) electrons. The van der Waals surface area contributed by atoms with E-state index in [-0.39, 0.29) is 22.9 Å². The van der Waals surface area contributed by atoms with Crippen LogP contribution in [0, 0.1) is 21.4 Å². The zero-order chi connectivity index (χ0) is 19.5. The Morgan fingerprint density at radius 3 is 2.38 bits per heavy atom. The zero-order valence-corrected chi connectivity index (χ0v) is 15.6. The lowest BCUT2D eigenvalue weighted by atomic mass is 9.91. The van der Waals surface area contributed by atoms with E-state index in [1.807, 2.05) is 34.6 Å². The molecular formula is C18H24N4O4. The van der Waals surface area contributed by atoms with Crippen molar-refractivity contribution in [3.63, 3.8) is 0 Å². The third-order valence-corrected chi connectivity index (χ3v) is 3.72. The number of rotatable bonds is 6. The Morgan fingerprint density at radius 1 is 1.27 bits per heavy atom. The lowest BCUT2D eigenvalue weighted by molar-refractivity contribution is -0.384. The van der Waals surface area contributed by atoms with Gasteiger partial charge in [0, 0.05) is 24.1 Å². The van der Waals surface area contributed by atoms with Crippen molar-refractivity contribution < 1.29 is 14.2 Å². The van der Waals surface area contributed by atoms with Crippen molar-refractivity contribution in [1.82, 2.24) is 15.5 Å². The largest absolute Gasteiger partial charge is 0.344 e. The van der Waals surface area contributed by atoms with Crippen LogP contribution in [-0.4, -0.2) is 21.0 Å². The number of hydrogen-bond acceptors (Lipinski definition) is 6. The Morgan fingerprint density at radius 2 is 1.88 bits per heavy atom. The van der Waals surface area contributed by atoms with Crippen LogP contribution >= 0.6 is 0 Å². The number of benzene rings is 1. The average Bonchev–Trinajstić information content (AvgIpc) is 3.00. The van der Waals surface area contributed by atoms with Gasteiger partial charge in [0.1, 0.15) is 6.04 Å². The van der Waals surface area contributed by atoms with E-state index < -0.39 is 11.0 Å². The highest BCUT2D eigenvalue weighted by Crippen LogP contribution is 2.26. The van der Waals surface area contributed by atoms with E-state index in [2.05, 4.69) is 15.5 Å². The van der Waals surface area contributed by atoms with Crippen molar-refractivity contribution >= 4 is 11.6 Å². The van der Waals surface area contributed by atoms with Crippen molar-refractivity contribution in [3.8, 4) is 11.4 Å². The van der Waals surface area contributed by atoms with Gasteiger partial charge in [0.25, 0.3) is 5.69 Å². The standard InChI is InChI=1S/C18H24N4O4/c1-11(2)15(19-14(23)10-18(3,4)5)17-20-16(21-26-17)12-6-8-13(9-7-12)22(24)25/h6-9,11,15H,10H2,1-5H3,(H,19,23)/t15-/m0/s1. The number of nitro benzene ring substituents is 1. The van der Waals surface area contributed by atoms with Gasteiger partial charge >= 0.3 is 0 Å². The number of amides is 1. The molecule has 1 heterocycles. The Labute approximate surface area is 152 Å². The number of hydrogen-bond donors (Lipinski definition) is 1. The van der Waals surface area contributed by atoms with Crippen LogP contribution in [0.4, 0.5) is 5.69 Å². The predicted octanol–water partition coefficient (Wildman–Crippen LogP) is 3.89. The third kappa shape index (κ3) is 5.11. The van der Waals surface area contributed by atoms with Gasteiger partial charge in [-0.3, -0.25) is 14.9 Å². The number of carbonyl (C=O) groups excluding carboxylic acids is 1. The first-order valence-electron chi connectivity index (χ1n) is 8.44. The minimum Gasteiger partial charge on any atom is -0.344 e. The number of nitro groups is 1. The fraction of sp³-hybridized carbons (Fsp3) is 0.500. The number of carbonyl (C=O) groups is 1. The second kappa shape index (κ2) is 7.63. The van der Waals surface area contributed by atoms with Crippen LogP contribution < -0.4 is 5.32 Å². The molecule has 1 N–H and O–H groups in total. The molecule has 0 aliphatic carbocycles. The third-order valence-electron chi connectivity index (χ3n) is 3.72. The summed E-state index contributed by atoms with van der Waals surface area (Å²) in [6.45, 7) is 9.90. The summed E-state index contributed by atoms with van der Waals surface area (Å²) in [6, 6.07) is 5.50. The summed E-state index contributed by atoms with van der Waals surface area (Å²) in [6.07, 6.45) is 0.388. The molecule has 0 aliphatic rings. The zero-order valence-electron chi connectivity index (χ0n) is 15.6. The molecule has 26 heavy (non-hydrogen) atoms. The molecular weight excluding hydrogens is 336 g/mol. The second-order valence-electron chi connectivity index (χ2n) is 7.79. The lowest BCUT2D eigenvalue weighted by Gasteiger charge is -2.22. The van der Waals surface area contributed by atoms with Gasteiger partial charge in [-0.05, 0) is 23.5 Å². The van der Waals surface area contributed by atoms with Crippen molar-refractivity contribution in [2.24, 2.45) is 11.3 Å². The summed E-state index contributed by atoms with van der Waals surface area (Å²) < 4.78 is 5.34. The fourth-order valence-corrected chi connectivity index (χ4v) is 2.43. The summed E-state index contributed by atoms with van der Waals surface area (Å²) in [5.74, 6) is 0.622. The highest BCUT2D eigenvalue weighted by atomic mass is 16.6. The Bertz CT molecular complexity index is 775. The molecule has 0 aliphatic heterocycles. The Hall–Kier alpha value is -2.77. The van der Waals surface area contributed by atoms with E-state index in [1.165, 1.54) is 12.1 Å². The van der Waals surface area contributed by atoms with Gasteiger partial charge in [-0.25, -0.2) is 0 Å². The molecule has 140 valence electrons. The molecule has 0 bridgehead atoms. The molecule has 2 rings (SSSR count). The minimum absolute atomic E-state index is 0.00744. The van der Waals surface area contributed by atoms with E-state index in [0.29, 0.717) is 23.7 Å². The van der Waals surface area contributed by atoms with Crippen molar-refractivity contribution in [2.75, 3.05) is 0 Å². The maximum absolute atomic E-state index is 12.3. The van der Waals surface area contributed by atoms with Crippen LogP contribution in [0.25, 0.3) is 11.4 Å². The van der Waals surface area contributed by atoms with Crippen LogP contribution in [0.15, 0.2) is 28.8 Å². The molecule has 0 saturated heterocycles. The number of nitrogens with zero attached hydrogens (tertiary/aromatic N) is 3. The number of non-ortho nitro benzene ring substituents is 1. The van der Waals surface area contributed by atoms with Crippen molar-refractivity contribution in [3.05, 3.63) is 40.3 Å². The summed E-state index contributed by atoms with van der Waals surface area (Å²) in [5, 5.41) is 17.6. The highest BCUT2D eigenvalue weighted by Gasteiger charge is 2.26. The first-order valence-corrected chi connectivity index (χ1v) is 8.44. The molecule has 1 atom stereocenters. The van der Waals surface area contributed by atoms with E-state index >= 15 is 0 Å². The second-order valence-corrected chi connectivity index (χ2v) is 7.79. The molecule has 0 fully saturated rings. The monoisotopic (exact) mass is 360 g/mol. The lowest BCUT2D eigenvalue weighted by Crippen LogP contribution is -2.34. The molecule has 0 spiro atoms. The van der Waals surface area contributed by atoms with Crippen molar-refractivity contribution in [2.45, 2.75) is 47.1 Å². The van der Waals surface area contributed by atoms with Gasteiger partial charge in [-0.1, -0.05) is 39.8 Å². The number of aromatic nitrogens is 2. The molecule has 1 aromatic carbocycles. The number of nitrogens with one attached hydrogen (secondary N) is 1. The Kier molecular flexibility index (Phi) is 5.74. The molecule has 8 nitrogen and oxygen atoms in total.